The predicted molar refractivity (Wildman–Crippen MR) is 63.4 cm³/mol. The van der Waals surface area contributed by atoms with Gasteiger partial charge in [-0.25, -0.2) is 0 Å². The minimum atomic E-state index is -1.62. The number of rotatable bonds is 8. The molecule has 0 saturated carbocycles. The average molecular weight is 245 g/mol. The normalized spacial score (nSPS) is 13.9. The molecule has 0 aromatic rings. The van der Waals surface area contributed by atoms with Crippen LogP contribution in [0.25, 0.3) is 0 Å². The summed E-state index contributed by atoms with van der Waals surface area (Å²) in [4.78, 5) is 22.0. The van der Waals surface area contributed by atoms with Crippen molar-refractivity contribution in [2.24, 2.45) is 11.5 Å². The zero-order valence-corrected chi connectivity index (χ0v) is 9.93. The van der Waals surface area contributed by atoms with Crippen molar-refractivity contribution in [1.29, 1.82) is 0 Å². The van der Waals surface area contributed by atoms with E-state index >= 15 is 0 Å². The summed E-state index contributed by atoms with van der Waals surface area (Å²) in [6, 6.07) is -0.874. The highest BCUT2D eigenvalue weighted by Crippen LogP contribution is 2.00. The molecule has 0 aromatic carbocycles. The third kappa shape index (κ3) is 6.93. The Morgan fingerprint density at radius 1 is 1.35 bits per heavy atom. The fraction of sp³-hybridized carbons (Fsp3) is 0.778. The zero-order valence-electron chi connectivity index (χ0n) is 9.93. The molecule has 2 atom stereocenters. The van der Waals surface area contributed by atoms with Crippen LogP contribution in [0.5, 0.6) is 0 Å². The first kappa shape index (κ1) is 15.9. The fourth-order valence-electron chi connectivity index (χ4n) is 1.33. The molecule has 0 aliphatic heterocycles. The third-order valence-corrected chi connectivity index (χ3v) is 2.33. The lowest BCUT2D eigenvalue weighted by molar-refractivity contribution is -0.123. The molecule has 0 heterocycles. The maximum atomic E-state index is 11.5. The summed E-state index contributed by atoms with van der Waals surface area (Å²) < 4.78 is 0. The molecule has 0 aliphatic carbocycles. The van der Waals surface area contributed by atoms with Gasteiger partial charge in [0.25, 0.3) is 0 Å². The summed E-state index contributed by atoms with van der Waals surface area (Å²) in [5, 5.41) is 20.5. The first-order valence-corrected chi connectivity index (χ1v) is 5.58. The third-order valence-electron chi connectivity index (χ3n) is 2.33. The summed E-state index contributed by atoms with van der Waals surface area (Å²) in [7, 11) is -1.62. The van der Waals surface area contributed by atoms with Gasteiger partial charge in [0.05, 0.1) is 12.0 Å². The van der Waals surface area contributed by atoms with E-state index in [-0.39, 0.29) is 12.8 Å². The molecular formula is C9H20BN3O4. The minimum absolute atomic E-state index is 0.0225. The van der Waals surface area contributed by atoms with Crippen molar-refractivity contribution < 1.29 is 19.6 Å². The van der Waals surface area contributed by atoms with Crippen LogP contribution in [-0.2, 0) is 9.59 Å². The van der Waals surface area contributed by atoms with E-state index in [0.717, 1.165) is 0 Å². The first-order chi connectivity index (χ1) is 7.88. The van der Waals surface area contributed by atoms with Gasteiger partial charge in [-0.15, -0.1) is 0 Å². The molecule has 0 bridgehead atoms. The lowest BCUT2D eigenvalue weighted by atomic mass is 9.76. The van der Waals surface area contributed by atoms with Crippen molar-refractivity contribution in [3.63, 3.8) is 0 Å². The van der Waals surface area contributed by atoms with Crippen molar-refractivity contribution in [1.82, 2.24) is 5.32 Å². The molecule has 0 aromatic heterocycles. The second kappa shape index (κ2) is 8.05. The summed E-state index contributed by atoms with van der Waals surface area (Å²) >= 11 is 0. The summed E-state index contributed by atoms with van der Waals surface area (Å²) in [5.74, 6) is -1.79. The molecule has 0 spiro atoms. The number of carbonyl (C=O) groups is 2. The van der Waals surface area contributed by atoms with Crippen LogP contribution in [0.3, 0.4) is 0 Å². The van der Waals surface area contributed by atoms with Crippen LogP contribution in [0, 0.1) is 0 Å². The Balaban J connectivity index is 4.15. The molecule has 0 radical (unpaired) electrons. The van der Waals surface area contributed by atoms with E-state index in [2.05, 4.69) is 5.32 Å². The van der Waals surface area contributed by atoms with Crippen LogP contribution in [-0.4, -0.2) is 41.0 Å². The number of primary amides is 1. The lowest BCUT2D eigenvalue weighted by Crippen LogP contribution is -2.51. The smallest absolute Gasteiger partial charge is 0.426 e. The van der Waals surface area contributed by atoms with Crippen molar-refractivity contribution in [3.8, 4) is 0 Å². The van der Waals surface area contributed by atoms with E-state index in [0.29, 0.717) is 12.8 Å². The molecule has 8 heteroatoms. The van der Waals surface area contributed by atoms with Crippen molar-refractivity contribution >= 4 is 18.9 Å². The van der Waals surface area contributed by atoms with Gasteiger partial charge in [-0.05, 0) is 12.8 Å². The van der Waals surface area contributed by atoms with Crippen LogP contribution in [0.2, 0.25) is 0 Å². The molecule has 0 saturated heterocycles. The number of carbonyl (C=O) groups excluding carboxylic acids is 2. The van der Waals surface area contributed by atoms with Gasteiger partial charge < -0.3 is 26.8 Å². The first-order valence-electron chi connectivity index (χ1n) is 5.58. The second-order valence-electron chi connectivity index (χ2n) is 3.93. The maximum absolute atomic E-state index is 11.5. The Morgan fingerprint density at radius 2 is 1.94 bits per heavy atom. The van der Waals surface area contributed by atoms with Gasteiger partial charge >= 0.3 is 7.12 Å². The van der Waals surface area contributed by atoms with Gasteiger partial charge in [0.15, 0.2) is 0 Å². The van der Waals surface area contributed by atoms with Crippen LogP contribution in [0.15, 0.2) is 0 Å². The van der Waals surface area contributed by atoms with Crippen molar-refractivity contribution in [2.75, 3.05) is 0 Å². The average Bonchev–Trinajstić information content (AvgIpc) is 2.24. The minimum Gasteiger partial charge on any atom is -0.426 e. The summed E-state index contributed by atoms with van der Waals surface area (Å²) in [5.41, 5.74) is 10.5. The second-order valence-corrected chi connectivity index (χ2v) is 3.93. The van der Waals surface area contributed by atoms with E-state index in [9.17, 15) is 9.59 Å². The van der Waals surface area contributed by atoms with Crippen LogP contribution in [0.4, 0.5) is 0 Å². The molecule has 0 rings (SSSR count). The molecule has 7 nitrogen and oxygen atoms in total. The highest BCUT2D eigenvalue weighted by Gasteiger charge is 2.26. The Kier molecular flexibility index (Phi) is 7.52. The number of hydrogen-bond acceptors (Lipinski definition) is 5. The maximum Gasteiger partial charge on any atom is 0.475 e. The zero-order chi connectivity index (χ0) is 13.4. The molecule has 98 valence electrons. The highest BCUT2D eigenvalue weighted by atomic mass is 16.4. The van der Waals surface area contributed by atoms with Gasteiger partial charge in [0.1, 0.15) is 0 Å². The van der Waals surface area contributed by atoms with Gasteiger partial charge in [-0.1, -0.05) is 13.3 Å². The van der Waals surface area contributed by atoms with E-state index in [4.69, 9.17) is 21.5 Å². The topological polar surface area (TPSA) is 139 Å². The summed E-state index contributed by atoms with van der Waals surface area (Å²) in [6.45, 7) is 1.86. The molecule has 0 fully saturated rings. The predicted octanol–water partition coefficient (Wildman–Crippen LogP) is -2.12. The summed E-state index contributed by atoms with van der Waals surface area (Å²) in [6.07, 6.45) is 1.29. The van der Waals surface area contributed by atoms with Gasteiger partial charge in [0, 0.05) is 6.42 Å². The SMILES string of the molecule is CCC[C@H](NC(=O)[C@@H](N)CCC(N)=O)B(O)O. The lowest BCUT2D eigenvalue weighted by Gasteiger charge is -2.19. The Hall–Kier alpha value is -1.12. The fourth-order valence-corrected chi connectivity index (χ4v) is 1.33. The quantitative estimate of drug-likeness (QED) is 0.311. The molecule has 0 aliphatic rings. The molecule has 17 heavy (non-hydrogen) atoms. The van der Waals surface area contributed by atoms with Crippen LogP contribution in [0.1, 0.15) is 32.6 Å². The van der Waals surface area contributed by atoms with Crippen LogP contribution >= 0.6 is 0 Å². The van der Waals surface area contributed by atoms with E-state index in [1.54, 1.807) is 0 Å². The standard InChI is InChI=1S/C9H20BN3O4/c1-2-3-7(10(16)17)13-9(15)6(11)4-5-8(12)14/h6-7,16-17H,2-5,11H2,1H3,(H2,12,14)(H,13,15)/t6-,7-/m0/s1. The van der Waals surface area contributed by atoms with E-state index in [1.165, 1.54) is 0 Å². The molecule has 0 unspecified atom stereocenters. The van der Waals surface area contributed by atoms with Crippen molar-refractivity contribution in [2.45, 2.75) is 44.6 Å². The van der Waals surface area contributed by atoms with Gasteiger partial charge in [-0.3, -0.25) is 9.59 Å². The Bertz CT molecular complexity index is 263. The number of nitrogens with two attached hydrogens (primary N) is 2. The van der Waals surface area contributed by atoms with Gasteiger partial charge in [0.2, 0.25) is 11.8 Å². The van der Waals surface area contributed by atoms with Crippen molar-refractivity contribution in [3.05, 3.63) is 0 Å². The van der Waals surface area contributed by atoms with E-state index in [1.807, 2.05) is 6.92 Å². The molecule has 2 amide bonds. The number of amides is 2. The highest BCUT2D eigenvalue weighted by molar-refractivity contribution is 6.43. The largest absolute Gasteiger partial charge is 0.475 e. The van der Waals surface area contributed by atoms with Crippen LogP contribution < -0.4 is 16.8 Å². The van der Waals surface area contributed by atoms with E-state index < -0.39 is 30.9 Å². The number of nitrogens with one attached hydrogen (secondary N) is 1. The Morgan fingerprint density at radius 3 is 2.35 bits per heavy atom. The molecular weight excluding hydrogens is 225 g/mol. The monoisotopic (exact) mass is 245 g/mol. The molecule has 7 N–H and O–H groups in total. The Labute approximate surface area is 101 Å². The van der Waals surface area contributed by atoms with Gasteiger partial charge in [-0.2, -0.15) is 0 Å². The number of hydrogen-bond donors (Lipinski definition) is 5.